The lowest BCUT2D eigenvalue weighted by molar-refractivity contribution is 0.206. The third-order valence-electron chi connectivity index (χ3n) is 6.15. The highest BCUT2D eigenvalue weighted by Gasteiger charge is 2.54. The molecular weight excluding hydrogens is 383 g/mol. The minimum atomic E-state index is -0.104. The Hall–Kier alpha value is -0.770. The molecule has 140 valence electrons. The second-order valence-corrected chi connectivity index (χ2v) is 8.84. The lowest BCUT2D eigenvalue weighted by atomic mass is 9.55. The van der Waals surface area contributed by atoms with Gasteiger partial charge in [0.15, 0.2) is 5.16 Å². The van der Waals surface area contributed by atoms with Crippen LogP contribution in [0.1, 0.15) is 62.9 Å². The molecule has 0 bridgehead atoms. The van der Waals surface area contributed by atoms with Gasteiger partial charge in [-0.2, -0.15) is 0 Å². The van der Waals surface area contributed by atoms with Crippen LogP contribution in [0.15, 0.2) is 23.4 Å². The van der Waals surface area contributed by atoms with Crippen molar-refractivity contribution in [1.29, 1.82) is 0 Å². The van der Waals surface area contributed by atoms with E-state index < -0.39 is 0 Å². The van der Waals surface area contributed by atoms with Crippen LogP contribution >= 0.6 is 35.0 Å². The van der Waals surface area contributed by atoms with E-state index in [-0.39, 0.29) is 10.8 Å². The Balaban J connectivity index is 0.000000948. The molecule has 0 N–H and O–H groups in total. The van der Waals surface area contributed by atoms with Crippen LogP contribution in [0.2, 0.25) is 10.2 Å². The topological polar surface area (TPSA) is 25.8 Å². The van der Waals surface area contributed by atoms with E-state index in [2.05, 4.69) is 31.0 Å². The van der Waals surface area contributed by atoms with Gasteiger partial charge in [-0.25, -0.2) is 9.97 Å². The minimum Gasteiger partial charge on any atom is -0.227 e. The smallest absolute Gasteiger partial charge is 0.188 e. The molecule has 1 aromatic carbocycles. The van der Waals surface area contributed by atoms with Gasteiger partial charge in [-0.05, 0) is 49.1 Å². The molecule has 0 radical (unpaired) electrons. The minimum absolute atomic E-state index is 0.0770. The first-order valence-corrected chi connectivity index (χ1v) is 11.3. The van der Waals surface area contributed by atoms with E-state index in [9.17, 15) is 0 Å². The van der Waals surface area contributed by atoms with Crippen LogP contribution in [0.5, 0.6) is 0 Å². The van der Waals surface area contributed by atoms with Gasteiger partial charge in [0.1, 0.15) is 5.15 Å². The van der Waals surface area contributed by atoms with E-state index in [1.807, 2.05) is 26.2 Å². The lowest BCUT2D eigenvalue weighted by Crippen LogP contribution is -2.48. The second kappa shape index (κ2) is 7.33. The number of nitrogens with zero attached hydrogens (tertiary/aromatic N) is 2. The Morgan fingerprint density at radius 2 is 1.65 bits per heavy atom. The molecule has 1 atom stereocenters. The molecule has 0 aliphatic heterocycles. The number of thioether (sulfide) groups is 1. The zero-order valence-electron chi connectivity index (χ0n) is 16.1. The Morgan fingerprint density at radius 1 is 1.00 bits per heavy atom. The van der Waals surface area contributed by atoms with Crippen LogP contribution in [0, 0.1) is 0 Å². The fourth-order valence-corrected chi connectivity index (χ4v) is 5.74. The zero-order valence-corrected chi connectivity index (χ0v) is 18.4. The summed E-state index contributed by atoms with van der Waals surface area (Å²) in [6.07, 6.45) is 6.16. The summed E-state index contributed by atoms with van der Waals surface area (Å²) in [6, 6.07) is 6.35. The van der Waals surface area contributed by atoms with Gasteiger partial charge in [0.05, 0.1) is 5.69 Å². The van der Waals surface area contributed by atoms with Crippen molar-refractivity contribution in [2.75, 3.05) is 6.26 Å². The summed E-state index contributed by atoms with van der Waals surface area (Å²) in [6.45, 7) is 8.63. The molecule has 1 heterocycles. The Bertz CT molecular complexity index is 835. The summed E-state index contributed by atoms with van der Waals surface area (Å²) < 4.78 is 0. The van der Waals surface area contributed by atoms with Crippen molar-refractivity contribution in [2.24, 2.45) is 0 Å². The van der Waals surface area contributed by atoms with Crippen molar-refractivity contribution in [2.45, 2.75) is 69.4 Å². The second-order valence-electron chi connectivity index (χ2n) is 7.30. The summed E-state index contributed by atoms with van der Waals surface area (Å²) in [7, 11) is 0. The summed E-state index contributed by atoms with van der Waals surface area (Å²) in [5, 5.41) is 2.28. The Morgan fingerprint density at radius 3 is 2.31 bits per heavy atom. The predicted octanol–water partition coefficient (Wildman–Crippen LogP) is 6.64. The summed E-state index contributed by atoms with van der Waals surface area (Å²) in [4.78, 5) is 9.33. The highest BCUT2D eigenvalue weighted by atomic mass is 35.5. The normalized spacial score (nSPS) is 22.4. The molecule has 2 aromatic rings. The molecule has 4 rings (SSSR count). The molecule has 0 saturated heterocycles. The number of benzene rings is 1. The van der Waals surface area contributed by atoms with Gasteiger partial charge >= 0.3 is 0 Å². The number of aromatic nitrogens is 2. The number of halogens is 2. The maximum atomic E-state index is 6.49. The molecule has 5 heteroatoms. The van der Waals surface area contributed by atoms with Crippen LogP contribution in [0.25, 0.3) is 0 Å². The van der Waals surface area contributed by atoms with E-state index in [1.54, 1.807) is 11.8 Å². The first-order valence-electron chi connectivity index (χ1n) is 9.29. The zero-order chi connectivity index (χ0) is 19.1. The standard InChI is InChI=1S/C19H20Cl2N2S.C2H6/c1-18(2)15-12(16(21)23-17(22-15)24-3)8-10-19(18)9-7-11-13(19)5-4-6-14(11)20;1-2/h4-6H,7-10H2,1-3H3;1-2H3. The first kappa shape index (κ1) is 20.0. The maximum absolute atomic E-state index is 6.49. The molecule has 0 saturated carbocycles. The van der Waals surface area contributed by atoms with Crippen molar-refractivity contribution < 1.29 is 0 Å². The van der Waals surface area contributed by atoms with Crippen LogP contribution in [-0.2, 0) is 23.7 Å². The predicted molar refractivity (Wildman–Crippen MR) is 113 cm³/mol. The monoisotopic (exact) mass is 408 g/mol. The molecule has 1 spiro atoms. The molecule has 2 aliphatic carbocycles. The van der Waals surface area contributed by atoms with Crippen molar-refractivity contribution in [3.05, 3.63) is 50.8 Å². The maximum Gasteiger partial charge on any atom is 0.188 e. The van der Waals surface area contributed by atoms with Crippen LogP contribution < -0.4 is 0 Å². The number of rotatable bonds is 1. The van der Waals surface area contributed by atoms with E-state index in [1.165, 1.54) is 11.1 Å². The van der Waals surface area contributed by atoms with Gasteiger partial charge in [-0.15, -0.1) is 0 Å². The lowest BCUT2D eigenvalue weighted by Gasteiger charge is -2.49. The van der Waals surface area contributed by atoms with Crippen molar-refractivity contribution >= 4 is 35.0 Å². The van der Waals surface area contributed by atoms with Crippen molar-refractivity contribution in [1.82, 2.24) is 9.97 Å². The largest absolute Gasteiger partial charge is 0.227 e. The summed E-state index contributed by atoms with van der Waals surface area (Å²) in [5.74, 6) is 0. The highest BCUT2D eigenvalue weighted by Crippen LogP contribution is 2.58. The van der Waals surface area contributed by atoms with E-state index in [0.29, 0.717) is 5.15 Å². The van der Waals surface area contributed by atoms with Crippen LogP contribution in [-0.4, -0.2) is 16.2 Å². The van der Waals surface area contributed by atoms with Gasteiger partial charge in [0, 0.05) is 21.4 Å². The Kier molecular flexibility index (Phi) is 5.63. The molecule has 26 heavy (non-hydrogen) atoms. The third kappa shape index (κ3) is 2.78. The SMILES string of the molecule is CC.CSc1nc(Cl)c2c(n1)C(C)(C)C1(CCc3c(Cl)cccc31)CC2. The summed E-state index contributed by atoms with van der Waals surface area (Å²) >= 11 is 14.5. The number of fused-ring (bicyclic) bond motifs is 3. The van der Waals surface area contributed by atoms with Crippen molar-refractivity contribution in [3.8, 4) is 0 Å². The van der Waals surface area contributed by atoms with E-state index in [0.717, 1.165) is 47.1 Å². The summed E-state index contributed by atoms with van der Waals surface area (Å²) in [5.41, 5.74) is 4.94. The van der Waals surface area contributed by atoms with Crippen LogP contribution in [0.4, 0.5) is 0 Å². The number of hydrogen-bond donors (Lipinski definition) is 0. The fraction of sp³-hybridized carbons (Fsp3) is 0.524. The fourth-order valence-electron chi connectivity index (χ4n) is 4.79. The van der Waals surface area contributed by atoms with Crippen LogP contribution in [0.3, 0.4) is 0 Å². The van der Waals surface area contributed by atoms with Gasteiger partial charge in [-0.3, -0.25) is 0 Å². The van der Waals surface area contributed by atoms with E-state index in [4.69, 9.17) is 28.2 Å². The quantitative estimate of drug-likeness (QED) is 0.300. The highest BCUT2D eigenvalue weighted by molar-refractivity contribution is 7.98. The molecule has 2 nitrogen and oxygen atoms in total. The van der Waals surface area contributed by atoms with Gasteiger partial charge in [0.25, 0.3) is 0 Å². The first-order chi connectivity index (χ1) is 12.4. The molecule has 0 amide bonds. The van der Waals surface area contributed by atoms with E-state index >= 15 is 0 Å². The molecular formula is C21H26Cl2N2S. The van der Waals surface area contributed by atoms with Gasteiger partial charge < -0.3 is 0 Å². The van der Waals surface area contributed by atoms with Crippen molar-refractivity contribution in [3.63, 3.8) is 0 Å². The van der Waals surface area contributed by atoms with Gasteiger partial charge in [0.2, 0.25) is 0 Å². The number of hydrogen-bond acceptors (Lipinski definition) is 3. The molecule has 0 fully saturated rings. The average Bonchev–Trinajstić information content (AvgIpc) is 3.02. The Labute approximate surface area is 171 Å². The average molecular weight is 409 g/mol. The van der Waals surface area contributed by atoms with Gasteiger partial charge in [-0.1, -0.05) is 74.8 Å². The third-order valence-corrected chi connectivity index (χ3v) is 7.36. The molecule has 2 aliphatic rings. The molecule has 1 unspecified atom stereocenters. The molecule has 1 aromatic heterocycles.